The van der Waals surface area contributed by atoms with Gasteiger partial charge < -0.3 is 11.1 Å². The normalized spacial score (nSPS) is 7.00. The predicted molar refractivity (Wildman–Crippen MR) is 25.7 cm³/mol. The monoisotopic (exact) mass is 115 g/mol. The zero-order valence-electron chi connectivity index (χ0n) is 4.05. The number of nitrogens with one attached hydrogen (secondary N) is 1. The van der Waals surface area contributed by atoms with E-state index in [0.29, 0.717) is 0 Å². The highest BCUT2D eigenvalue weighted by Crippen LogP contribution is 1.56. The summed E-state index contributed by atoms with van der Waals surface area (Å²) in [7, 11) is 0. The Bertz CT molecular complexity index is 124. The summed E-state index contributed by atoms with van der Waals surface area (Å²) in [5, 5.41) is 2.06. The first-order chi connectivity index (χ1) is 3.77. The third-order valence-electron chi connectivity index (χ3n) is 0.397. The number of hydrogen-bond acceptors (Lipinski definition) is 3. The van der Waals surface area contributed by atoms with Crippen molar-refractivity contribution in [2.75, 3.05) is 6.67 Å². The molecule has 0 radical (unpaired) electrons. The van der Waals surface area contributed by atoms with E-state index in [-0.39, 0.29) is 6.67 Å². The fourth-order valence-electron chi connectivity index (χ4n) is 0.150. The fourth-order valence-corrected chi connectivity index (χ4v) is 0.150. The second-order valence-electron chi connectivity index (χ2n) is 0.949. The summed E-state index contributed by atoms with van der Waals surface area (Å²) in [6, 6.07) is -0.705. The Hall–Kier alpha value is -1.35. The zero-order chi connectivity index (χ0) is 6.41. The van der Waals surface area contributed by atoms with Crippen molar-refractivity contribution in [1.29, 1.82) is 0 Å². The Kier molecular flexibility index (Phi) is 3.18. The molecule has 0 aliphatic carbocycles. The van der Waals surface area contributed by atoms with Gasteiger partial charge in [-0.25, -0.2) is 9.59 Å². The lowest BCUT2D eigenvalue weighted by Crippen LogP contribution is -2.29. The number of hydrogen-bond donors (Lipinski definition) is 2. The van der Waals surface area contributed by atoms with Gasteiger partial charge in [-0.05, 0) is 0 Å². The van der Waals surface area contributed by atoms with Crippen molar-refractivity contribution >= 4 is 12.1 Å². The van der Waals surface area contributed by atoms with E-state index in [1.807, 2.05) is 0 Å². The number of carbonyl (C=O) groups excluding carboxylic acids is 2. The van der Waals surface area contributed by atoms with Crippen LogP contribution >= 0.6 is 0 Å². The van der Waals surface area contributed by atoms with Gasteiger partial charge in [0.25, 0.3) is 0 Å². The number of nitrogens with zero attached hydrogens (tertiary/aromatic N) is 1. The molecule has 0 aromatic rings. The van der Waals surface area contributed by atoms with Crippen LogP contribution in [-0.2, 0) is 4.79 Å². The van der Waals surface area contributed by atoms with Gasteiger partial charge in [0.15, 0.2) is 0 Å². The highest BCUT2D eigenvalue weighted by atomic mass is 16.2. The molecule has 3 N–H and O–H groups in total. The van der Waals surface area contributed by atoms with Crippen LogP contribution in [0.1, 0.15) is 0 Å². The standard InChI is InChI=1S/C3H5N3O2/c4-3(8)6-1-5-2-7/h1H2,(H3,4,6,8). The van der Waals surface area contributed by atoms with Gasteiger partial charge in [-0.2, -0.15) is 4.99 Å². The van der Waals surface area contributed by atoms with Crippen LogP contribution in [0.5, 0.6) is 0 Å². The number of rotatable bonds is 2. The van der Waals surface area contributed by atoms with Crippen molar-refractivity contribution in [2.24, 2.45) is 10.7 Å². The molecule has 0 heterocycles. The fraction of sp³-hybridized carbons (Fsp3) is 0.333. The molecule has 0 aromatic carbocycles. The number of isocyanates is 1. The minimum absolute atomic E-state index is 0.0984. The summed E-state index contributed by atoms with van der Waals surface area (Å²) >= 11 is 0. The summed E-state index contributed by atoms with van der Waals surface area (Å²) in [5.74, 6) is 0. The minimum atomic E-state index is -0.705. The molecular formula is C3H5N3O2. The van der Waals surface area contributed by atoms with Crippen molar-refractivity contribution in [2.45, 2.75) is 0 Å². The molecule has 8 heavy (non-hydrogen) atoms. The van der Waals surface area contributed by atoms with Gasteiger partial charge in [0, 0.05) is 0 Å². The molecule has 44 valence electrons. The highest BCUT2D eigenvalue weighted by molar-refractivity contribution is 5.71. The van der Waals surface area contributed by atoms with Crippen LogP contribution in [0.2, 0.25) is 0 Å². The summed E-state index contributed by atoms with van der Waals surface area (Å²) < 4.78 is 0. The van der Waals surface area contributed by atoms with E-state index >= 15 is 0 Å². The molecule has 0 aromatic heterocycles. The Balaban J connectivity index is 3.18. The van der Waals surface area contributed by atoms with E-state index in [1.54, 1.807) is 0 Å². The Morgan fingerprint density at radius 3 is 2.88 bits per heavy atom. The SMILES string of the molecule is NC(=O)NCN=C=O. The van der Waals surface area contributed by atoms with Crippen molar-refractivity contribution < 1.29 is 9.59 Å². The van der Waals surface area contributed by atoms with Gasteiger partial charge in [-0.1, -0.05) is 0 Å². The van der Waals surface area contributed by atoms with Crippen LogP contribution in [0, 0.1) is 0 Å². The maximum absolute atomic E-state index is 9.80. The lowest BCUT2D eigenvalue weighted by Gasteiger charge is -1.89. The molecule has 2 amide bonds. The number of amides is 2. The Labute approximate surface area is 45.6 Å². The third kappa shape index (κ3) is 4.65. The van der Waals surface area contributed by atoms with E-state index < -0.39 is 6.03 Å². The molecule has 0 fully saturated rings. The first-order valence-electron chi connectivity index (χ1n) is 1.84. The molecule has 0 unspecified atom stereocenters. The average molecular weight is 115 g/mol. The quantitative estimate of drug-likeness (QED) is 0.355. The Morgan fingerprint density at radius 1 is 1.88 bits per heavy atom. The van der Waals surface area contributed by atoms with Crippen LogP contribution in [0.3, 0.4) is 0 Å². The molecule has 0 saturated carbocycles. The summed E-state index contributed by atoms with van der Waals surface area (Å²) in [5.41, 5.74) is 4.59. The second kappa shape index (κ2) is 3.83. The summed E-state index contributed by atoms with van der Waals surface area (Å²) in [4.78, 5) is 22.1. The molecule has 0 spiro atoms. The van der Waals surface area contributed by atoms with E-state index in [9.17, 15) is 9.59 Å². The number of primary amides is 1. The van der Waals surface area contributed by atoms with Crippen LogP contribution in [0.15, 0.2) is 4.99 Å². The molecule has 0 aliphatic rings. The van der Waals surface area contributed by atoms with Gasteiger partial charge in [0.1, 0.15) is 6.67 Å². The second-order valence-corrected chi connectivity index (χ2v) is 0.949. The lowest BCUT2D eigenvalue weighted by molar-refractivity contribution is 0.249. The molecule has 5 heteroatoms. The smallest absolute Gasteiger partial charge is 0.313 e. The van der Waals surface area contributed by atoms with Crippen molar-refractivity contribution in [3.63, 3.8) is 0 Å². The summed E-state index contributed by atoms with van der Waals surface area (Å²) in [6.45, 7) is -0.0984. The van der Waals surface area contributed by atoms with Crippen LogP contribution in [0.4, 0.5) is 4.79 Å². The van der Waals surface area contributed by atoms with Gasteiger partial charge in [-0.3, -0.25) is 0 Å². The van der Waals surface area contributed by atoms with Crippen molar-refractivity contribution in [3.8, 4) is 0 Å². The number of carbonyl (C=O) groups is 1. The lowest BCUT2D eigenvalue weighted by atomic mass is 10.9. The molecule has 0 aliphatic heterocycles. The molecule has 0 saturated heterocycles. The first-order valence-corrected chi connectivity index (χ1v) is 1.84. The van der Waals surface area contributed by atoms with E-state index in [4.69, 9.17) is 0 Å². The topological polar surface area (TPSA) is 84.6 Å². The molecule has 0 rings (SSSR count). The van der Waals surface area contributed by atoms with Crippen LogP contribution < -0.4 is 11.1 Å². The molecule has 0 bridgehead atoms. The number of nitrogens with two attached hydrogens (primary N) is 1. The van der Waals surface area contributed by atoms with E-state index in [2.05, 4.69) is 16.0 Å². The Morgan fingerprint density at radius 2 is 2.50 bits per heavy atom. The number of urea groups is 1. The number of aliphatic imine (C=N–C) groups is 1. The van der Waals surface area contributed by atoms with Gasteiger partial charge in [0.2, 0.25) is 6.08 Å². The largest absolute Gasteiger partial charge is 0.352 e. The highest BCUT2D eigenvalue weighted by Gasteiger charge is 1.83. The van der Waals surface area contributed by atoms with E-state index in [1.165, 1.54) is 6.08 Å². The van der Waals surface area contributed by atoms with Crippen LogP contribution in [0.25, 0.3) is 0 Å². The van der Waals surface area contributed by atoms with Gasteiger partial charge in [0.05, 0.1) is 0 Å². The van der Waals surface area contributed by atoms with Crippen molar-refractivity contribution in [1.82, 2.24) is 5.32 Å². The predicted octanol–water partition coefficient (Wildman–Crippen LogP) is -1.05. The maximum atomic E-state index is 9.80. The molecule has 5 nitrogen and oxygen atoms in total. The van der Waals surface area contributed by atoms with Crippen molar-refractivity contribution in [3.05, 3.63) is 0 Å². The third-order valence-corrected chi connectivity index (χ3v) is 0.397. The first kappa shape index (κ1) is 6.65. The van der Waals surface area contributed by atoms with Crippen LogP contribution in [-0.4, -0.2) is 18.8 Å². The maximum Gasteiger partial charge on any atom is 0.313 e. The summed E-state index contributed by atoms with van der Waals surface area (Å²) in [6.07, 6.45) is 1.23. The molecular weight excluding hydrogens is 110 g/mol. The minimum Gasteiger partial charge on any atom is -0.352 e. The van der Waals surface area contributed by atoms with Gasteiger partial charge >= 0.3 is 6.03 Å². The van der Waals surface area contributed by atoms with Gasteiger partial charge in [-0.15, -0.1) is 0 Å². The average Bonchev–Trinajstić information content (AvgIpc) is 1.66. The van der Waals surface area contributed by atoms with E-state index in [0.717, 1.165) is 0 Å². The molecule has 0 atom stereocenters. The zero-order valence-corrected chi connectivity index (χ0v) is 4.05.